The summed E-state index contributed by atoms with van der Waals surface area (Å²) in [5.41, 5.74) is 0.524. The molecule has 140 valence electrons. The Morgan fingerprint density at radius 3 is 2.30 bits per heavy atom. The van der Waals surface area contributed by atoms with Crippen molar-refractivity contribution in [2.45, 2.75) is 4.90 Å². The molecule has 1 saturated heterocycles. The number of nitriles is 1. The van der Waals surface area contributed by atoms with E-state index in [4.69, 9.17) is 11.6 Å². The lowest BCUT2D eigenvalue weighted by molar-refractivity contribution is 0.347. The van der Waals surface area contributed by atoms with Gasteiger partial charge in [0.05, 0.1) is 10.6 Å². The highest BCUT2D eigenvalue weighted by Crippen LogP contribution is 2.23. The summed E-state index contributed by atoms with van der Waals surface area (Å²) in [6.45, 7) is 2.01. The molecule has 0 aromatic heterocycles. The summed E-state index contributed by atoms with van der Waals surface area (Å²) < 4.78 is 39.2. The van der Waals surface area contributed by atoms with Crippen molar-refractivity contribution in [2.75, 3.05) is 31.1 Å². The minimum atomic E-state index is -3.91. The zero-order valence-corrected chi connectivity index (χ0v) is 15.9. The van der Waals surface area contributed by atoms with Gasteiger partial charge in [0, 0.05) is 37.4 Å². The quantitative estimate of drug-likeness (QED) is 0.729. The van der Waals surface area contributed by atoms with E-state index in [9.17, 15) is 18.1 Å². The largest absolute Gasteiger partial charge is 0.372 e. The average Bonchev–Trinajstić information content (AvgIpc) is 2.67. The standard InChI is InChI=1S/C19H17ClFN3O2S/c20-15-5-7-16(8-6-15)27(25,26)17(13-22)14-23-9-11-24(12-10-23)19-4-2-1-3-18(19)21/h1-8,14H,9-12H2. The zero-order chi connectivity index (χ0) is 19.4. The maximum atomic E-state index is 13.9. The van der Waals surface area contributed by atoms with Crippen molar-refractivity contribution in [3.05, 3.63) is 70.5 Å². The number of benzene rings is 2. The first-order valence-corrected chi connectivity index (χ1v) is 10.1. The lowest BCUT2D eigenvalue weighted by Gasteiger charge is -2.35. The fraction of sp³-hybridized carbons (Fsp3) is 0.211. The number of halogens is 2. The van der Waals surface area contributed by atoms with Gasteiger partial charge in [-0.05, 0) is 36.4 Å². The van der Waals surface area contributed by atoms with Crippen LogP contribution in [0.4, 0.5) is 10.1 Å². The third kappa shape index (κ3) is 4.24. The van der Waals surface area contributed by atoms with Crippen LogP contribution in [0.3, 0.4) is 0 Å². The van der Waals surface area contributed by atoms with Gasteiger partial charge < -0.3 is 9.80 Å². The van der Waals surface area contributed by atoms with E-state index in [1.165, 1.54) is 36.5 Å². The molecule has 0 spiro atoms. The highest BCUT2D eigenvalue weighted by Gasteiger charge is 2.24. The van der Waals surface area contributed by atoms with Gasteiger partial charge in [-0.15, -0.1) is 0 Å². The Labute approximate surface area is 162 Å². The van der Waals surface area contributed by atoms with Crippen LogP contribution in [0.2, 0.25) is 5.02 Å². The van der Waals surface area contributed by atoms with E-state index in [1.807, 2.05) is 4.90 Å². The topological polar surface area (TPSA) is 64.4 Å². The Morgan fingerprint density at radius 2 is 1.70 bits per heavy atom. The monoisotopic (exact) mass is 405 g/mol. The van der Waals surface area contributed by atoms with Crippen molar-refractivity contribution in [1.29, 1.82) is 5.26 Å². The molecule has 8 heteroatoms. The number of para-hydroxylation sites is 1. The lowest BCUT2D eigenvalue weighted by Crippen LogP contribution is -2.44. The molecule has 5 nitrogen and oxygen atoms in total. The Balaban J connectivity index is 1.75. The molecule has 0 bridgehead atoms. The summed E-state index contributed by atoms with van der Waals surface area (Å²) >= 11 is 5.79. The summed E-state index contributed by atoms with van der Waals surface area (Å²) in [5, 5.41) is 9.78. The van der Waals surface area contributed by atoms with Crippen molar-refractivity contribution in [2.24, 2.45) is 0 Å². The Morgan fingerprint density at radius 1 is 1.07 bits per heavy atom. The minimum Gasteiger partial charge on any atom is -0.372 e. The van der Waals surface area contributed by atoms with E-state index >= 15 is 0 Å². The molecule has 1 heterocycles. The van der Waals surface area contributed by atoms with Crippen LogP contribution < -0.4 is 4.90 Å². The van der Waals surface area contributed by atoms with Crippen LogP contribution in [0.15, 0.2) is 64.5 Å². The molecule has 0 unspecified atom stereocenters. The summed E-state index contributed by atoms with van der Waals surface area (Å²) in [6.07, 6.45) is 1.36. The highest BCUT2D eigenvalue weighted by molar-refractivity contribution is 7.95. The van der Waals surface area contributed by atoms with Gasteiger partial charge in [0.2, 0.25) is 9.84 Å². The molecule has 0 aliphatic carbocycles. The number of piperazine rings is 1. The molecule has 2 aromatic carbocycles. The number of nitrogens with zero attached hydrogens (tertiary/aromatic N) is 3. The third-order valence-electron chi connectivity index (χ3n) is 4.33. The van der Waals surface area contributed by atoms with E-state index in [0.717, 1.165) is 0 Å². The highest BCUT2D eigenvalue weighted by atomic mass is 35.5. The van der Waals surface area contributed by atoms with Crippen LogP contribution in [0.5, 0.6) is 0 Å². The Hall–Kier alpha value is -2.56. The Bertz CT molecular complexity index is 992. The molecule has 2 aromatic rings. The number of anilines is 1. The van der Waals surface area contributed by atoms with Gasteiger partial charge >= 0.3 is 0 Å². The van der Waals surface area contributed by atoms with Crippen LogP contribution >= 0.6 is 11.6 Å². The van der Waals surface area contributed by atoms with E-state index in [0.29, 0.717) is 36.9 Å². The first kappa shape index (κ1) is 19.2. The van der Waals surface area contributed by atoms with Gasteiger partial charge in [-0.2, -0.15) is 5.26 Å². The smallest absolute Gasteiger partial charge is 0.218 e. The molecule has 0 atom stereocenters. The number of allylic oxidation sites excluding steroid dienone is 1. The summed E-state index contributed by atoms with van der Waals surface area (Å²) in [4.78, 5) is 3.36. The van der Waals surface area contributed by atoms with Crippen LogP contribution in [0.1, 0.15) is 0 Å². The van der Waals surface area contributed by atoms with Crippen molar-refractivity contribution in [3.8, 4) is 6.07 Å². The van der Waals surface area contributed by atoms with Gasteiger partial charge in [-0.25, -0.2) is 12.8 Å². The second-order valence-corrected chi connectivity index (χ2v) is 8.39. The van der Waals surface area contributed by atoms with E-state index in [1.54, 1.807) is 29.2 Å². The SMILES string of the molecule is N#CC(=CN1CCN(c2ccccc2F)CC1)S(=O)(=O)c1ccc(Cl)cc1. The van der Waals surface area contributed by atoms with E-state index in [2.05, 4.69) is 0 Å². The Kier molecular flexibility index (Phi) is 5.68. The van der Waals surface area contributed by atoms with Crippen molar-refractivity contribution in [1.82, 2.24) is 4.90 Å². The second-order valence-electron chi connectivity index (χ2n) is 6.04. The predicted molar refractivity (Wildman–Crippen MR) is 103 cm³/mol. The predicted octanol–water partition coefficient (Wildman–Crippen LogP) is 3.44. The van der Waals surface area contributed by atoms with Crippen LogP contribution in [0, 0.1) is 17.1 Å². The number of hydrogen-bond acceptors (Lipinski definition) is 5. The number of rotatable bonds is 4. The third-order valence-corrected chi connectivity index (χ3v) is 6.25. The molecule has 0 amide bonds. The molecule has 0 saturated carbocycles. The number of sulfone groups is 1. The molecule has 27 heavy (non-hydrogen) atoms. The second kappa shape index (κ2) is 7.99. The van der Waals surface area contributed by atoms with Gasteiger partial charge in [-0.3, -0.25) is 0 Å². The maximum absolute atomic E-state index is 13.9. The van der Waals surface area contributed by atoms with Gasteiger partial charge in [0.1, 0.15) is 11.9 Å². The zero-order valence-electron chi connectivity index (χ0n) is 14.3. The van der Waals surface area contributed by atoms with Crippen LogP contribution in [-0.4, -0.2) is 39.5 Å². The fourth-order valence-corrected chi connectivity index (χ4v) is 4.15. The summed E-state index contributed by atoms with van der Waals surface area (Å²) in [6, 6.07) is 14.0. The summed E-state index contributed by atoms with van der Waals surface area (Å²) in [5.74, 6) is -0.287. The average molecular weight is 406 g/mol. The molecule has 0 N–H and O–H groups in total. The molecule has 0 radical (unpaired) electrons. The molecule has 1 fully saturated rings. The molecule has 1 aliphatic heterocycles. The first-order chi connectivity index (χ1) is 12.9. The first-order valence-electron chi connectivity index (χ1n) is 8.28. The van der Waals surface area contributed by atoms with Crippen LogP contribution in [0.25, 0.3) is 0 Å². The molecular formula is C19H17ClFN3O2S. The molecular weight excluding hydrogens is 389 g/mol. The van der Waals surface area contributed by atoms with E-state index < -0.39 is 9.84 Å². The summed E-state index contributed by atoms with van der Waals surface area (Å²) in [7, 11) is -3.91. The van der Waals surface area contributed by atoms with Crippen molar-refractivity contribution in [3.63, 3.8) is 0 Å². The minimum absolute atomic E-state index is 0.0182. The lowest BCUT2D eigenvalue weighted by atomic mass is 10.2. The fourth-order valence-electron chi connectivity index (χ4n) is 2.86. The van der Waals surface area contributed by atoms with Gasteiger partial charge in [0.25, 0.3) is 0 Å². The normalized spacial score (nSPS) is 15.5. The maximum Gasteiger partial charge on any atom is 0.218 e. The molecule has 1 aliphatic rings. The van der Waals surface area contributed by atoms with Gasteiger partial charge in [0.15, 0.2) is 4.91 Å². The van der Waals surface area contributed by atoms with Crippen LogP contribution in [-0.2, 0) is 9.84 Å². The number of hydrogen-bond donors (Lipinski definition) is 0. The van der Waals surface area contributed by atoms with E-state index in [-0.39, 0.29) is 15.6 Å². The van der Waals surface area contributed by atoms with Gasteiger partial charge in [-0.1, -0.05) is 23.7 Å². The van der Waals surface area contributed by atoms with Crippen molar-refractivity contribution >= 4 is 27.1 Å². The molecule has 3 rings (SSSR count). The van der Waals surface area contributed by atoms with Crippen molar-refractivity contribution < 1.29 is 12.8 Å².